The fraction of sp³-hybridized carbons (Fsp3) is 0.250. The number of carbonyl (C=O) groups is 3. The zero-order valence-corrected chi connectivity index (χ0v) is 16.0. The van der Waals surface area contributed by atoms with E-state index in [2.05, 4.69) is 0 Å². The summed E-state index contributed by atoms with van der Waals surface area (Å²) in [5.41, 5.74) is 0.963. The minimum atomic E-state index is -0.955. The van der Waals surface area contributed by atoms with Gasteiger partial charge >= 0.3 is 5.97 Å². The van der Waals surface area contributed by atoms with Gasteiger partial charge in [-0.05, 0) is 43.3 Å². The van der Waals surface area contributed by atoms with Crippen LogP contribution < -0.4 is 4.90 Å². The molecule has 0 unspecified atom stereocenters. The molecule has 3 rings (SSSR count). The van der Waals surface area contributed by atoms with Crippen LogP contribution >= 0.6 is 23.2 Å². The van der Waals surface area contributed by atoms with Crippen LogP contribution in [0.25, 0.3) is 0 Å². The summed E-state index contributed by atoms with van der Waals surface area (Å²) in [5.74, 6) is -1.75. The Morgan fingerprint density at radius 1 is 1.11 bits per heavy atom. The van der Waals surface area contributed by atoms with E-state index in [4.69, 9.17) is 27.9 Å². The number of anilines is 1. The van der Waals surface area contributed by atoms with Crippen molar-refractivity contribution in [3.8, 4) is 0 Å². The van der Waals surface area contributed by atoms with Gasteiger partial charge in [0.1, 0.15) is 0 Å². The van der Waals surface area contributed by atoms with Crippen LogP contribution in [0.2, 0.25) is 10.0 Å². The Hall–Kier alpha value is -2.37. The second kappa shape index (κ2) is 8.11. The maximum Gasteiger partial charge on any atom is 0.312 e. The molecule has 0 aromatic heterocycles. The zero-order chi connectivity index (χ0) is 19.6. The van der Waals surface area contributed by atoms with Gasteiger partial charge < -0.3 is 9.64 Å². The number of nitrogens with zero attached hydrogens (tertiary/aromatic N) is 1. The summed E-state index contributed by atoms with van der Waals surface area (Å²) >= 11 is 12.0. The molecule has 2 aromatic rings. The Bertz CT molecular complexity index is 882. The number of amides is 1. The van der Waals surface area contributed by atoms with Crippen molar-refractivity contribution in [1.82, 2.24) is 0 Å². The lowest BCUT2D eigenvalue weighted by Gasteiger charge is -2.18. The summed E-state index contributed by atoms with van der Waals surface area (Å²) in [6.07, 6.45) is -0.936. The molecule has 1 aliphatic heterocycles. The molecule has 0 aliphatic carbocycles. The predicted octanol–water partition coefficient (Wildman–Crippen LogP) is 4.16. The Kier molecular flexibility index (Phi) is 5.82. The van der Waals surface area contributed by atoms with E-state index < -0.39 is 18.0 Å². The SMILES string of the molecule is C[C@@H](OC(=O)[C@H]1CC(=O)N(c2ccccc2Cl)C1)C(=O)c1ccc(Cl)cc1. The number of carbonyl (C=O) groups excluding carboxylic acids is 3. The van der Waals surface area contributed by atoms with E-state index in [-0.39, 0.29) is 24.7 Å². The summed E-state index contributed by atoms with van der Waals surface area (Å²) < 4.78 is 5.31. The van der Waals surface area contributed by atoms with Crippen molar-refractivity contribution >= 4 is 46.5 Å². The van der Waals surface area contributed by atoms with E-state index in [9.17, 15) is 14.4 Å². The van der Waals surface area contributed by atoms with Gasteiger partial charge in [0, 0.05) is 23.6 Å². The molecule has 1 fully saturated rings. The number of ketones is 1. The molecule has 27 heavy (non-hydrogen) atoms. The lowest BCUT2D eigenvalue weighted by Crippen LogP contribution is -2.30. The van der Waals surface area contributed by atoms with Crippen molar-refractivity contribution in [2.45, 2.75) is 19.4 Å². The highest BCUT2D eigenvalue weighted by molar-refractivity contribution is 6.34. The molecule has 1 amide bonds. The quantitative estimate of drug-likeness (QED) is 0.553. The molecule has 1 saturated heterocycles. The first-order chi connectivity index (χ1) is 12.9. The van der Waals surface area contributed by atoms with E-state index in [0.717, 1.165) is 0 Å². The maximum absolute atomic E-state index is 12.4. The van der Waals surface area contributed by atoms with Gasteiger partial charge in [-0.15, -0.1) is 0 Å². The molecule has 2 atom stereocenters. The Labute approximate surface area is 166 Å². The van der Waals surface area contributed by atoms with Crippen molar-refractivity contribution in [2.75, 3.05) is 11.4 Å². The van der Waals surface area contributed by atoms with Crippen molar-refractivity contribution in [3.63, 3.8) is 0 Å². The summed E-state index contributed by atoms with van der Waals surface area (Å²) in [6.45, 7) is 1.68. The van der Waals surface area contributed by atoms with Gasteiger partial charge in [-0.1, -0.05) is 35.3 Å². The number of ether oxygens (including phenoxy) is 1. The number of benzene rings is 2. The summed E-state index contributed by atoms with van der Waals surface area (Å²) in [5, 5.41) is 0.950. The molecule has 0 saturated carbocycles. The number of Topliss-reactive ketones (excluding diaryl/α,β-unsaturated/α-hetero) is 1. The average molecular weight is 406 g/mol. The van der Waals surface area contributed by atoms with Gasteiger partial charge in [0.15, 0.2) is 6.10 Å². The molecule has 0 bridgehead atoms. The average Bonchev–Trinajstić information content (AvgIpc) is 3.04. The lowest BCUT2D eigenvalue weighted by molar-refractivity contribution is -0.151. The van der Waals surface area contributed by atoms with Gasteiger partial charge in [-0.2, -0.15) is 0 Å². The fourth-order valence-corrected chi connectivity index (χ4v) is 3.31. The molecule has 0 N–H and O–H groups in total. The molecule has 0 spiro atoms. The number of para-hydroxylation sites is 1. The number of hydrogen-bond donors (Lipinski definition) is 0. The van der Waals surface area contributed by atoms with E-state index in [1.165, 1.54) is 11.8 Å². The maximum atomic E-state index is 12.4. The zero-order valence-electron chi connectivity index (χ0n) is 14.5. The topological polar surface area (TPSA) is 63.7 Å². The van der Waals surface area contributed by atoms with Gasteiger partial charge in [0.25, 0.3) is 0 Å². The van der Waals surface area contributed by atoms with Crippen LogP contribution in [0, 0.1) is 5.92 Å². The predicted molar refractivity (Wildman–Crippen MR) is 103 cm³/mol. The minimum Gasteiger partial charge on any atom is -0.454 e. The molecular weight excluding hydrogens is 389 g/mol. The third-order valence-electron chi connectivity index (χ3n) is 4.39. The first kappa shape index (κ1) is 19.4. The van der Waals surface area contributed by atoms with E-state index >= 15 is 0 Å². The summed E-state index contributed by atoms with van der Waals surface area (Å²) in [7, 11) is 0. The van der Waals surface area contributed by atoms with Crippen LogP contribution in [0.4, 0.5) is 5.69 Å². The van der Waals surface area contributed by atoms with E-state index in [1.807, 2.05) is 0 Å². The largest absolute Gasteiger partial charge is 0.454 e. The van der Waals surface area contributed by atoms with Crippen molar-refractivity contribution < 1.29 is 19.1 Å². The minimum absolute atomic E-state index is 0.0198. The number of rotatable bonds is 5. The highest BCUT2D eigenvalue weighted by atomic mass is 35.5. The fourth-order valence-electron chi connectivity index (χ4n) is 2.94. The Balaban J connectivity index is 1.64. The molecule has 1 heterocycles. The molecule has 140 valence electrons. The van der Waals surface area contributed by atoms with Crippen LogP contribution in [0.1, 0.15) is 23.7 Å². The van der Waals surface area contributed by atoms with Crippen molar-refractivity contribution in [1.29, 1.82) is 0 Å². The van der Waals surface area contributed by atoms with Crippen LogP contribution in [-0.2, 0) is 14.3 Å². The van der Waals surface area contributed by atoms with Crippen LogP contribution in [0.15, 0.2) is 48.5 Å². The normalized spacial score (nSPS) is 17.7. The smallest absolute Gasteiger partial charge is 0.312 e. The first-order valence-electron chi connectivity index (χ1n) is 8.42. The molecular formula is C20H17Cl2NO4. The molecule has 0 radical (unpaired) electrons. The third kappa shape index (κ3) is 4.31. The number of hydrogen-bond acceptors (Lipinski definition) is 4. The highest BCUT2D eigenvalue weighted by Crippen LogP contribution is 2.31. The van der Waals surface area contributed by atoms with Crippen LogP contribution in [-0.4, -0.2) is 30.3 Å². The van der Waals surface area contributed by atoms with Crippen LogP contribution in [0.5, 0.6) is 0 Å². The number of esters is 1. The molecule has 2 aromatic carbocycles. The Morgan fingerprint density at radius 3 is 2.44 bits per heavy atom. The second-order valence-electron chi connectivity index (χ2n) is 6.31. The highest BCUT2D eigenvalue weighted by Gasteiger charge is 2.38. The monoisotopic (exact) mass is 405 g/mol. The summed E-state index contributed by atoms with van der Waals surface area (Å²) in [4.78, 5) is 38.6. The number of halogens is 2. The van der Waals surface area contributed by atoms with Gasteiger partial charge in [0.2, 0.25) is 11.7 Å². The van der Waals surface area contributed by atoms with E-state index in [1.54, 1.807) is 48.5 Å². The first-order valence-corrected chi connectivity index (χ1v) is 9.17. The van der Waals surface area contributed by atoms with Crippen molar-refractivity contribution in [3.05, 3.63) is 64.1 Å². The van der Waals surface area contributed by atoms with Gasteiger partial charge in [-0.3, -0.25) is 14.4 Å². The van der Waals surface area contributed by atoms with Gasteiger partial charge in [0.05, 0.1) is 16.6 Å². The Morgan fingerprint density at radius 2 is 1.78 bits per heavy atom. The van der Waals surface area contributed by atoms with E-state index in [0.29, 0.717) is 21.3 Å². The van der Waals surface area contributed by atoms with Gasteiger partial charge in [-0.25, -0.2) is 0 Å². The molecule has 1 aliphatic rings. The summed E-state index contributed by atoms with van der Waals surface area (Å²) in [6, 6.07) is 13.3. The molecule has 5 nitrogen and oxygen atoms in total. The second-order valence-corrected chi connectivity index (χ2v) is 7.15. The molecule has 7 heteroatoms. The third-order valence-corrected chi connectivity index (χ3v) is 4.96. The van der Waals surface area contributed by atoms with Crippen molar-refractivity contribution in [2.24, 2.45) is 5.92 Å². The lowest BCUT2D eigenvalue weighted by atomic mass is 10.1. The standard InChI is InChI=1S/C20H17Cl2NO4/c1-12(19(25)13-6-8-15(21)9-7-13)27-20(26)14-10-18(24)23(11-14)17-5-3-2-4-16(17)22/h2-9,12,14H,10-11H2,1H3/t12-,14+/m1/s1. The van der Waals surface area contributed by atoms with Crippen LogP contribution in [0.3, 0.4) is 0 Å².